The molecule has 1 atom stereocenters. The highest BCUT2D eigenvalue weighted by atomic mass is 79.9. The third-order valence-electron chi connectivity index (χ3n) is 3.85. The molecule has 0 aliphatic carbocycles. The van der Waals surface area contributed by atoms with E-state index in [0.29, 0.717) is 36.2 Å². The summed E-state index contributed by atoms with van der Waals surface area (Å²) in [5.41, 5.74) is 0.787. The van der Waals surface area contributed by atoms with E-state index in [1.54, 1.807) is 18.2 Å². The van der Waals surface area contributed by atoms with E-state index in [9.17, 15) is 4.79 Å². The summed E-state index contributed by atoms with van der Waals surface area (Å²) in [5.74, 6) is 2.01. The molecule has 0 unspecified atom stereocenters. The third kappa shape index (κ3) is 3.37. The van der Waals surface area contributed by atoms with Crippen molar-refractivity contribution in [2.24, 2.45) is 0 Å². The van der Waals surface area contributed by atoms with E-state index >= 15 is 0 Å². The quantitative estimate of drug-likeness (QED) is 0.729. The molecule has 0 aromatic heterocycles. The monoisotopic (exact) mass is 406 g/mol. The molecule has 0 radical (unpaired) electrons. The highest BCUT2D eigenvalue weighted by Gasteiger charge is 2.29. The number of ether oxygens (including phenoxy) is 5. The van der Waals surface area contributed by atoms with Gasteiger partial charge in [-0.2, -0.15) is 0 Å². The van der Waals surface area contributed by atoms with E-state index < -0.39 is 12.1 Å². The van der Waals surface area contributed by atoms with Crippen LogP contribution in [0, 0.1) is 0 Å². The first-order valence-electron chi connectivity index (χ1n) is 7.84. The number of fused-ring (bicyclic) bond motifs is 2. The number of halogens is 1. The van der Waals surface area contributed by atoms with E-state index in [1.165, 1.54) is 0 Å². The minimum Gasteiger partial charge on any atom is -0.486 e. The zero-order chi connectivity index (χ0) is 17.2. The summed E-state index contributed by atoms with van der Waals surface area (Å²) in [7, 11) is 0. The lowest BCUT2D eigenvalue weighted by Gasteiger charge is -2.25. The van der Waals surface area contributed by atoms with E-state index in [1.807, 2.05) is 18.2 Å². The standard InChI is InChI=1S/C18H15BrO6/c19-12-8-16-15(21-5-6-22-16)7-11(12)9-24-18(20)17-10-23-13-3-1-2-4-14(13)25-17/h1-4,7-8,17H,5-6,9-10H2/t17-/m1/s1. The number of para-hydroxylation sites is 2. The summed E-state index contributed by atoms with van der Waals surface area (Å²) in [6, 6.07) is 10.8. The molecule has 0 spiro atoms. The van der Waals surface area contributed by atoms with Crippen molar-refractivity contribution in [1.29, 1.82) is 0 Å². The second-order valence-corrected chi connectivity index (χ2v) is 6.41. The highest BCUT2D eigenvalue weighted by Crippen LogP contribution is 2.36. The predicted octanol–water partition coefficient (Wildman–Crippen LogP) is 3.10. The molecule has 25 heavy (non-hydrogen) atoms. The van der Waals surface area contributed by atoms with Crippen molar-refractivity contribution in [3.63, 3.8) is 0 Å². The maximum absolute atomic E-state index is 12.3. The summed E-state index contributed by atoms with van der Waals surface area (Å²) >= 11 is 3.46. The Morgan fingerprint density at radius 3 is 2.56 bits per heavy atom. The van der Waals surface area contributed by atoms with Crippen LogP contribution in [0.3, 0.4) is 0 Å². The van der Waals surface area contributed by atoms with Gasteiger partial charge in [0.15, 0.2) is 23.0 Å². The molecule has 6 nitrogen and oxygen atoms in total. The van der Waals surface area contributed by atoms with Gasteiger partial charge >= 0.3 is 5.97 Å². The minimum absolute atomic E-state index is 0.0948. The molecule has 2 aliphatic rings. The van der Waals surface area contributed by atoms with Gasteiger partial charge in [0.25, 0.3) is 0 Å². The van der Waals surface area contributed by atoms with Gasteiger partial charge in [0.1, 0.15) is 26.4 Å². The first kappa shape index (κ1) is 16.1. The van der Waals surface area contributed by atoms with Gasteiger partial charge in [0, 0.05) is 10.0 Å². The molecular formula is C18H15BrO6. The molecule has 7 heteroatoms. The molecule has 0 amide bonds. The van der Waals surface area contributed by atoms with Crippen LogP contribution in [0.2, 0.25) is 0 Å². The molecule has 2 aromatic carbocycles. The predicted molar refractivity (Wildman–Crippen MR) is 91.3 cm³/mol. The molecule has 0 saturated heterocycles. The van der Waals surface area contributed by atoms with Crippen molar-refractivity contribution < 1.29 is 28.5 Å². The molecule has 2 aromatic rings. The molecule has 0 bridgehead atoms. The van der Waals surface area contributed by atoms with E-state index in [2.05, 4.69) is 15.9 Å². The van der Waals surface area contributed by atoms with E-state index in [-0.39, 0.29) is 13.2 Å². The average molecular weight is 407 g/mol. The SMILES string of the molecule is O=C(OCc1cc2c(cc1Br)OCCO2)[C@H]1COc2ccccc2O1. The van der Waals surface area contributed by atoms with Crippen LogP contribution in [0.15, 0.2) is 40.9 Å². The van der Waals surface area contributed by atoms with Crippen LogP contribution in [-0.2, 0) is 16.1 Å². The van der Waals surface area contributed by atoms with Crippen molar-refractivity contribution in [2.45, 2.75) is 12.7 Å². The number of rotatable bonds is 3. The largest absolute Gasteiger partial charge is 0.486 e. The Balaban J connectivity index is 1.41. The summed E-state index contributed by atoms with van der Waals surface area (Å²) in [6.45, 7) is 1.24. The summed E-state index contributed by atoms with van der Waals surface area (Å²) in [4.78, 5) is 12.3. The Morgan fingerprint density at radius 2 is 1.76 bits per heavy atom. The molecule has 2 heterocycles. The zero-order valence-corrected chi connectivity index (χ0v) is 14.8. The van der Waals surface area contributed by atoms with Gasteiger partial charge in [-0.05, 0) is 24.3 Å². The Bertz CT molecular complexity index is 806. The Hall–Kier alpha value is -2.41. The van der Waals surface area contributed by atoms with E-state index in [0.717, 1.165) is 10.0 Å². The Morgan fingerprint density at radius 1 is 1.04 bits per heavy atom. The zero-order valence-electron chi connectivity index (χ0n) is 13.2. The van der Waals surface area contributed by atoms with Crippen LogP contribution in [0.4, 0.5) is 0 Å². The first-order chi connectivity index (χ1) is 12.2. The Kier molecular flexibility index (Phi) is 4.40. The van der Waals surface area contributed by atoms with Crippen molar-refractivity contribution in [3.8, 4) is 23.0 Å². The Labute approximate surface area is 152 Å². The molecule has 0 N–H and O–H groups in total. The topological polar surface area (TPSA) is 63.2 Å². The van der Waals surface area contributed by atoms with Gasteiger partial charge < -0.3 is 23.7 Å². The fourth-order valence-corrected chi connectivity index (χ4v) is 3.03. The van der Waals surface area contributed by atoms with Crippen LogP contribution in [-0.4, -0.2) is 31.9 Å². The van der Waals surface area contributed by atoms with E-state index in [4.69, 9.17) is 23.7 Å². The summed E-state index contributed by atoms with van der Waals surface area (Å²) < 4.78 is 28.4. The van der Waals surface area contributed by atoms with Crippen molar-refractivity contribution in [3.05, 3.63) is 46.4 Å². The second kappa shape index (κ2) is 6.84. The lowest BCUT2D eigenvalue weighted by molar-refractivity contribution is -0.155. The number of carbonyl (C=O) groups is 1. The normalized spacial score (nSPS) is 17.7. The highest BCUT2D eigenvalue weighted by molar-refractivity contribution is 9.10. The van der Waals surface area contributed by atoms with Crippen LogP contribution < -0.4 is 18.9 Å². The molecule has 130 valence electrons. The smallest absolute Gasteiger partial charge is 0.351 e. The molecular weight excluding hydrogens is 392 g/mol. The van der Waals surface area contributed by atoms with Crippen molar-refractivity contribution in [2.75, 3.05) is 19.8 Å². The average Bonchev–Trinajstić information content (AvgIpc) is 2.65. The summed E-state index contributed by atoms with van der Waals surface area (Å²) in [5, 5.41) is 0. The lowest BCUT2D eigenvalue weighted by Crippen LogP contribution is -2.37. The minimum atomic E-state index is -0.786. The fourth-order valence-electron chi connectivity index (χ4n) is 2.59. The fraction of sp³-hybridized carbons (Fsp3) is 0.278. The second-order valence-electron chi connectivity index (χ2n) is 5.56. The summed E-state index contributed by atoms with van der Waals surface area (Å²) in [6.07, 6.45) is -0.786. The van der Waals surface area contributed by atoms with Crippen molar-refractivity contribution in [1.82, 2.24) is 0 Å². The van der Waals surface area contributed by atoms with Crippen LogP contribution in [0.1, 0.15) is 5.56 Å². The maximum atomic E-state index is 12.3. The molecule has 0 saturated carbocycles. The number of hydrogen-bond acceptors (Lipinski definition) is 6. The van der Waals surface area contributed by atoms with Crippen LogP contribution in [0.5, 0.6) is 23.0 Å². The number of carbonyl (C=O) groups excluding carboxylic acids is 1. The van der Waals surface area contributed by atoms with Crippen LogP contribution in [0.25, 0.3) is 0 Å². The van der Waals surface area contributed by atoms with Gasteiger partial charge in [0.2, 0.25) is 6.10 Å². The van der Waals surface area contributed by atoms with Crippen LogP contribution >= 0.6 is 15.9 Å². The number of esters is 1. The van der Waals surface area contributed by atoms with Gasteiger partial charge in [-0.3, -0.25) is 0 Å². The molecule has 0 fully saturated rings. The first-order valence-corrected chi connectivity index (χ1v) is 8.63. The van der Waals surface area contributed by atoms with Crippen molar-refractivity contribution >= 4 is 21.9 Å². The van der Waals surface area contributed by atoms with Gasteiger partial charge in [0.05, 0.1) is 0 Å². The third-order valence-corrected chi connectivity index (χ3v) is 4.59. The molecule has 4 rings (SSSR count). The van der Waals surface area contributed by atoms with Gasteiger partial charge in [-0.1, -0.05) is 28.1 Å². The molecule has 2 aliphatic heterocycles. The maximum Gasteiger partial charge on any atom is 0.351 e. The number of hydrogen-bond donors (Lipinski definition) is 0. The number of benzene rings is 2. The lowest BCUT2D eigenvalue weighted by atomic mass is 10.2. The van der Waals surface area contributed by atoms with Gasteiger partial charge in [-0.15, -0.1) is 0 Å². The van der Waals surface area contributed by atoms with Gasteiger partial charge in [-0.25, -0.2) is 4.79 Å².